The van der Waals surface area contributed by atoms with E-state index < -0.39 is 0 Å². The second-order valence-electron chi connectivity index (χ2n) is 4.64. The molecule has 1 amide bonds. The van der Waals surface area contributed by atoms with Gasteiger partial charge >= 0.3 is 0 Å². The molecule has 94 valence electrons. The molecule has 1 aliphatic rings. The van der Waals surface area contributed by atoms with Gasteiger partial charge in [-0.05, 0) is 32.6 Å². The first-order chi connectivity index (χ1) is 7.63. The lowest BCUT2D eigenvalue weighted by atomic mass is 9.98. The van der Waals surface area contributed by atoms with Crippen molar-refractivity contribution in [1.82, 2.24) is 4.90 Å². The molecule has 0 N–H and O–H groups in total. The van der Waals surface area contributed by atoms with Gasteiger partial charge in [0.05, 0.1) is 6.10 Å². The minimum Gasteiger partial charge on any atom is -0.384 e. The molecule has 0 aliphatic carbocycles. The van der Waals surface area contributed by atoms with Gasteiger partial charge in [0, 0.05) is 26.8 Å². The highest BCUT2D eigenvalue weighted by Crippen LogP contribution is 2.17. The van der Waals surface area contributed by atoms with Crippen LogP contribution in [-0.4, -0.2) is 50.3 Å². The highest BCUT2D eigenvalue weighted by Gasteiger charge is 2.22. The molecular weight excluding hydrogens is 206 g/mol. The third-order valence-corrected chi connectivity index (χ3v) is 2.91. The van der Waals surface area contributed by atoms with Crippen molar-refractivity contribution in [3.05, 3.63) is 0 Å². The van der Waals surface area contributed by atoms with Crippen LogP contribution in [0.2, 0.25) is 0 Å². The lowest BCUT2D eigenvalue weighted by Crippen LogP contribution is -2.41. The number of carbonyl (C=O) groups excluding carboxylic acids is 1. The van der Waals surface area contributed by atoms with Crippen LogP contribution in [0.25, 0.3) is 0 Å². The molecule has 0 aromatic rings. The molecule has 16 heavy (non-hydrogen) atoms. The summed E-state index contributed by atoms with van der Waals surface area (Å²) in [7, 11) is 1.73. The molecule has 4 heteroatoms. The number of nitrogens with zero attached hydrogens (tertiary/aromatic N) is 1. The van der Waals surface area contributed by atoms with Crippen molar-refractivity contribution in [3.63, 3.8) is 0 Å². The minimum atomic E-state index is 0.115. The first-order valence-electron chi connectivity index (χ1n) is 6.01. The van der Waals surface area contributed by atoms with Gasteiger partial charge in [0.2, 0.25) is 5.91 Å². The van der Waals surface area contributed by atoms with Crippen LogP contribution in [-0.2, 0) is 14.3 Å². The van der Waals surface area contributed by atoms with E-state index in [0.717, 1.165) is 32.5 Å². The van der Waals surface area contributed by atoms with Gasteiger partial charge in [-0.3, -0.25) is 4.79 Å². The van der Waals surface area contributed by atoms with Gasteiger partial charge in [-0.2, -0.15) is 0 Å². The van der Waals surface area contributed by atoms with Crippen LogP contribution < -0.4 is 0 Å². The van der Waals surface area contributed by atoms with Crippen molar-refractivity contribution in [2.24, 2.45) is 5.92 Å². The molecule has 0 aromatic heterocycles. The lowest BCUT2D eigenvalue weighted by molar-refractivity contribution is -0.139. The molecule has 0 bridgehead atoms. The maximum absolute atomic E-state index is 11.7. The van der Waals surface area contributed by atoms with E-state index in [9.17, 15) is 4.79 Å². The van der Waals surface area contributed by atoms with Crippen LogP contribution in [0, 0.1) is 5.92 Å². The molecule has 1 rings (SSSR count). The van der Waals surface area contributed by atoms with Crippen molar-refractivity contribution in [2.45, 2.75) is 32.8 Å². The average Bonchev–Trinajstić information content (AvgIpc) is 2.27. The zero-order valence-corrected chi connectivity index (χ0v) is 10.6. The Balaban J connectivity index is 2.22. The molecule has 1 fully saturated rings. The van der Waals surface area contributed by atoms with Crippen LogP contribution in [0.15, 0.2) is 0 Å². The normalized spacial score (nSPS) is 18.1. The number of piperidine rings is 1. The number of methoxy groups -OCH3 is 1. The Kier molecular flexibility index (Phi) is 5.77. The van der Waals surface area contributed by atoms with Crippen molar-refractivity contribution < 1.29 is 14.3 Å². The number of amides is 1. The Morgan fingerprint density at radius 3 is 2.50 bits per heavy atom. The van der Waals surface area contributed by atoms with Crippen LogP contribution in [0.3, 0.4) is 0 Å². The molecule has 4 nitrogen and oxygen atoms in total. The van der Waals surface area contributed by atoms with E-state index in [0.29, 0.717) is 5.92 Å². The summed E-state index contributed by atoms with van der Waals surface area (Å²) >= 11 is 0. The summed E-state index contributed by atoms with van der Waals surface area (Å²) in [5.74, 6) is 0.727. The van der Waals surface area contributed by atoms with Crippen molar-refractivity contribution >= 4 is 5.91 Å². The maximum atomic E-state index is 11.7. The number of hydrogen-bond acceptors (Lipinski definition) is 3. The van der Waals surface area contributed by atoms with Gasteiger partial charge in [0.15, 0.2) is 0 Å². The molecule has 1 aliphatic heterocycles. The zero-order chi connectivity index (χ0) is 12.0. The standard InChI is InChI=1S/C12H23NO3/c1-10(2)16-9-12(14)13-6-4-11(5-7-13)8-15-3/h10-11H,4-9H2,1-3H3. The van der Waals surface area contributed by atoms with Crippen molar-refractivity contribution in [3.8, 4) is 0 Å². The highest BCUT2D eigenvalue weighted by atomic mass is 16.5. The van der Waals surface area contributed by atoms with Crippen LogP contribution in [0.5, 0.6) is 0 Å². The van der Waals surface area contributed by atoms with Crippen LogP contribution >= 0.6 is 0 Å². The van der Waals surface area contributed by atoms with Gasteiger partial charge in [0.1, 0.15) is 6.61 Å². The Bertz CT molecular complexity index is 210. The van der Waals surface area contributed by atoms with E-state index in [1.807, 2.05) is 18.7 Å². The molecule has 0 saturated carbocycles. The number of hydrogen-bond donors (Lipinski definition) is 0. The summed E-state index contributed by atoms with van der Waals surface area (Å²) in [5.41, 5.74) is 0. The minimum absolute atomic E-state index is 0.115. The summed E-state index contributed by atoms with van der Waals surface area (Å²) in [6.07, 6.45) is 2.21. The Hall–Kier alpha value is -0.610. The SMILES string of the molecule is COCC1CCN(C(=O)COC(C)C)CC1. The quantitative estimate of drug-likeness (QED) is 0.713. The predicted molar refractivity (Wildman–Crippen MR) is 62.3 cm³/mol. The molecule has 1 heterocycles. The fourth-order valence-electron chi connectivity index (χ4n) is 1.91. The number of carbonyl (C=O) groups is 1. The van der Waals surface area contributed by atoms with Gasteiger partial charge in [-0.15, -0.1) is 0 Å². The summed E-state index contributed by atoms with van der Waals surface area (Å²) in [6.45, 7) is 6.59. The van der Waals surface area contributed by atoms with Crippen LogP contribution in [0.4, 0.5) is 0 Å². The van der Waals surface area contributed by atoms with E-state index >= 15 is 0 Å². The first kappa shape index (κ1) is 13.5. The molecule has 0 unspecified atom stereocenters. The summed E-state index contributed by atoms with van der Waals surface area (Å²) in [4.78, 5) is 13.6. The van der Waals surface area contributed by atoms with Crippen molar-refractivity contribution in [2.75, 3.05) is 33.4 Å². The second-order valence-corrected chi connectivity index (χ2v) is 4.64. The molecule has 1 saturated heterocycles. The largest absolute Gasteiger partial charge is 0.384 e. The van der Waals surface area contributed by atoms with Crippen molar-refractivity contribution in [1.29, 1.82) is 0 Å². The van der Waals surface area contributed by atoms with Gasteiger partial charge in [-0.25, -0.2) is 0 Å². The average molecular weight is 229 g/mol. The first-order valence-corrected chi connectivity index (χ1v) is 6.01. The summed E-state index contributed by atoms with van der Waals surface area (Å²) in [6, 6.07) is 0. The molecule has 0 atom stereocenters. The van der Waals surface area contributed by atoms with E-state index in [1.165, 1.54) is 0 Å². The Labute approximate surface area is 97.9 Å². The fraction of sp³-hybridized carbons (Fsp3) is 0.917. The number of likely N-dealkylation sites (tertiary alicyclic amines) is 1. The maximum Gasteiger partial charge on any atom is 0.248 e. The Morgan fingerprint density at radius 2 is 2.00 bits per heavy atom. The van der Waals surface area contributed by atoms with E-state index in [4.69, 9.17) is 9.47 Å². The van der Waals surface area contributed by atoms with Gasteiger partial charge in [0.25, 0.3) is 0 Å². The summed E-state index contributed by atoms with van der Waals surface area (Å²) < 4.78 is 10.4. The second kappa shape index (κ2) is 6.86. The number of ether oxygens (including phenoxy) is 2. The van der Waals surface area contributed by atoms with E-state index in [2.05, 4.69) is 0 Å². The lowest BCUT2D eigenvalue weighted by Gasteiger charge is -2.31. The fourth-order valence-corrected chi connectivity index (χ4v) is 1.91. The van der Waals surface area contributed by atoms with Crippen LogP contribution in [0.1, 0.15) is 26.7 Å². The predicted octanol–water partition coefficient (Wildman–Crippen LogP) is 1.30. The molecule has 0 spiro atoms. The monoisotopic (exact) mass is 229 g/mol. The topological polar surface area (TPSA) is 38.8 Å². The molecular formula is C12H23NO3. The van der Waals surface area contributed by atoms with Gasteiger partial charge in [-0.1, -0.05) is 0 Å². The Morgan fingerprint density at radius 1 is 1.38 bits per heavy atom. The zero-order valence-electron chi connectivity index (χ0n) is 10.6. The summed E-state index contributed by atoms with van der Waals surface area (Å²) in [5, 5.41) is 0. The third kappa shape index (κ3) is 4.49. The van der Waals surface area contributed by atoms with Gasteiger partial charge < -0.3 is 14.4 Å². The smallest absolute Gasteiger partial charge is 0.248 e. The highest BCUT2D eigenvalue weighted by molar-refractivity contribution is 5.77. The number of rotatable bonds is 5. The third-order valence-electron chi connectivity index (χ3n) is 2.91. The van der Waals surface area contributed by atoms with E-state index in [1.54, 1.807) is 7.11 Å². The molecule has 0 aromatic carbocycles. The van der Waals surface area contributed by atoms with E-state index in [-0.39, 0.29) is 18.6 Å². The molecule has 0 radical (unpaired) electrons.